The summed E-state index contributed by atoms with van der Waals surface area (Å²) in [6.45, 7) is 0. The van der Waals surface area contributed by atoms with Crippen LogP contribution in [0.5, 0.6) is 0 Å². The van der Waals surface area contributed by atoms with E-state index in [1.54, 1.807) is 23.5 Å². The molecule has 1 unspecified atom stereocenters. The third-order valence-corrected chi connectivity index (χ3v) is 4.33. The predicted octanol–water partition coefficient (Wildman–Crippen LogP) is 4.50. The van der Waals surface area contributed by atoms with Gasteiger partial charge in [0.25, 0.3) is 0 Å². The summed E-state index contributed by atoms with van der Waals surface area (Å²) in [6, 6.07) is 9.92. The number of benzene rings is 1. The van der Waals surface area contributed by atoms with Crippen molar-refractivity contribution in [3.63, 3.8) is 0 Å². The first kappa shape index (κ1) is 16.0. The summed E-state index contributed by atoms with van der Waals surface area (Å²) in [5.41, 5.74) is 0.879. The second-order valence-electron chi connectivity index (χ2n) is 4.71. The van der Waals surface area contributed by atoms with Crippen LogP contribution in [-0.4, -0.2) is 11.8 Å². The van der Waals surface area contributed by atoms with Gasteiger partial charge >= 0.3 is 0 Å². The molecule has 1 heterocycles. The second-order valence-corrected chi connectivity index (χ2v) is 6.07. The van der Waals surface area contributed by atoms with Crippen molar-refractivity contribution in [3.05, 3.63) is 58.0 Å². The fourth-order valence-electron chi connectivity index (χ4n) is 2.04. The van der Waals surface area contributed by atoms with Crippen molar-refractivity contribution in [1.29, 1.82) is 0 Å². The lowest BCUT2D eigenvalue weighted by Crippen LogP contribution is -2.28. The van der Waals surface area contributed by atoms with Crippen molar-refractivity contribution >= 4 is 28.8 Å². The van der Waals surface area contributed by atoms with Gasteiger partial charge in [-0.3, -0.25) is 4.79 Å². The van der Waals surface area contributed by atoms with E-state index in [9.17, 15) is 9.18 Å². The largest absolute Gasteiger partial charge is 0.344 e. The molecule has 0 aliphatic rings. The Morgan fingerprint density at radius 3 is 2.62 bits per heavy atom. The van der Waals surface area contributed by atoms with Crippen molar-refractivity contribution in [2.24, 2.45) is 0 Å². The van der Waals surface area contributed by atoms with Gasteiger partial charge in [0.05, 0.1) is 6.04 Å². The third kappa shape index (κ3) is 4.83. The first-order valence-corrected chi connectivity index (χ1v) is 8.26. The lowest BCUT2D eigenvalue weighted by atomic mass is 10.0. The van der Waals surface area contributed by atoms with E-state index >= 15 is 0 Å². The molecule has 2 aromatic rings. The quantitative estimate of drug-likeness (QED) is 0.589. The zero-order valence-corrected chi connectivity index (χ0v) is 13.1. The molecule has 1 aromatic carbocycles. The summed E-state index contributed by atoms with van der Waals surface area (Å²) in [5.74, 6) is 0.277. The number of rotatable bonds is 7. The zero-order valence-electron chi connectivity index (χ0n) is 11.5. The molecule has 0 saturated carbocycles. The minimum absolute atomic E-state index is 0.0113. The number of alkyl halides is 1. The van der Waals surface area contributed by atoms with E-state index in [1.807, 2.05) is 17.5 Å². The Morgan fingerprint density at radius 1 is 1.24 bits per heavy atom. The van der Waals surface area contributed by atoms with Crippen LogP contribution in [0.15, 0.2) is 41.8 Å². The number of amides is 1. The molecule has 2 rings (SSSR count). The minimum Gasteiger partial charge on any atom is -0.344 e. The maximum atomic E-state index is 13.1. The molecule has 1 amide bonds. The van der Waals surface area contributed by atoms with Crippen LogP contribution in [-0.2, 0) is 4.79 Å². The number of carbonyl (C=O) groups is 1. The van der Waals surface area contributed by atoms with Gasteiger partial charge in [0.1, 0.15) is 5.82 Å². The Morgan fingerprint density at radius 2 is 2.00 bits per heavy atom. The lowest BCUT2D eigenvalue weighted by molar-refractivity contribution is -0.121. The van der Waals surface area contributed by atoms with Crippen LogP contribution in [0.3, 0.4) is 0 Å². The Balaban J connectivity index is 2.10. The molecule has 0 aliphatic heterocycles. The number of nitrogens with one attached hydrogen (secondary N) is 1. The van der Waals surface area contributed by atoms with Crippen LogP contribution in [0, 0.1) is 5.82 Å². The molecule has 1 N–H and O–H groups in total. The maximum Gasteiger partial charge on any atom is 0.220 e. The molecule has 112 valence electrons. The molecule has 0 saturated heterocycles. The molecule has 0 spiro atoms. The number of thiophene rings is 1. The summed E-state index contributed by atoms with van der Waals surface area (Å²) in [5, 5.41) is 4.98. The lowest BCUT2D eigenvalue weighted by Gasteiger charge is -2.18. The van der Waals surface area contributed by atoms with Gasteiger partial charge in [-0.05, 0) is 42.0 Å². The van der Waals surface area contributed by atoms with Crippen LogP contribution in [0.25, 0.3) is 0 Å². The van der Waals surface area contributed by atoms with Gasteiger partial charge in [0.2, 0.25) is 5.91 Å². The monoisotopic (exact) mass is 325 g/mol. The molecule has 21 heavy (non-hydrogen) atoms. The molecule has 0 bridgehead atoms. The van der Waals surface area contributed by atoms with Gasteiger partial charge in [0, 0.05) is 17.2 Å². The van der Waals surface area contributed by atoms with Gasteiger partial charge in [0.15, 0.2) is 0 Å². The van der Waals surface area contributed by atoms with E-state index in [0.29, 0.717) is 12.3 Å². The van der Waals surface area contributed by atoms with Crippen molar-refractivity contribution in [1.82, 2.24) is 5.32 Å². The van der Waals surface area contributed by atoms with E-state index < -0.39 is 0 Å². The first-order chi connectivity index (χ1) is 10.2. The van der Waals surface area contributed by atoms with Gasteiger partial charge in [-0.2, -0.15) is 0 Å². The Hall–Kier alpha value is -1.39. The third-order valence-electron chi connectivity index (χ3n) is 3.12. The summed E-state index contributed by atoms with van der Waals surface area (Å²) in [6.07, 6.45) is 2.06. The number of unbranched alkanes of at least 4 members (excludes halogenated alkanes) is 1. The van der Waals surface area contributed by atoms with Gasteiger partial charge in [-0.15, -0.1) is 22.9 Å². The van der Waals surface area contributed by atoms with Crippen molar-refractivity contribution in [2.75, 3.05) is 5.88 Å². The first-order valence-electron chi connectivity index (χ1n) is 6.85. The minimum atomic E-state index is -0.280. The molecule has 0 fully saturated rings. The molecule has 1 atom stereocenters. The van der Waals surface area contributed by atoms with E-state index in [0.717, 1.165) is 23.3 Å². The van der Waals surface area contributed by atoms with Crippen LogP contribution in [0.1, 0.15) is 35.7 Å². The van der Waals surface area contributed by atoms with E-state index in [4.69, 9.17) is 11.6 Å². The summed E-state index contributed by atoms with van der Waals surface area (Å²) >= 11 is 7.19. The highest BCUT2D eigenvalue weighted by Crippen LogP contribution is 2.26. The maximum absolute atomic E-state index is 13.1. The number of hydrogen-bond donors (Lipinski definition) is 1. The Kier molecular flexibility index (Phi) is 6.21. The van der Waals surface area contributed by atoms with Crippen LogP contribution in [0.4, 0.5) is 4.39 Å². The molecule has 0 aliphatic carbocycles. The van der Waals surface area contributed by atoms with Crippen LogP contribution < -0.4 is 5.32 Å². The van der Waals surface area contributed by atoms with Crippen molar-refractivity contribution in [2.45, 2.75) is 25.3 Å². The number of carbonyl (C=O) groups excluding carboxylic acids is 1. The van der Waals surface area contributed by atoms with Crippen LogP contribution >= 0.6 is 22.9 Å². The van der Waals surface area contributed by atoms with E-state index in [2.05, 4.69) is 5.32 Å². The van der Waals surface area contributed by atoms with Crippen molar-refractivity contribution < 1.29 is 9.18 Å². The molecule has 1 aromatic heterocycles. The van der Waals surface area contributed by atoms with Gasteiger partial charge in [-0.25, -0.2) is 4.39 Å². The SMILES string of the molecule is O=C(CCCCCl)NC(c1ccc(F)cc1)c1cccs1. The highest BCUT2D eigenvalue weighted by molar-refractivity contribution is 7.10. The van der Waals surface area contributed by atoms with Crippen molar-refractivity contribution in [3.8, 4) is 0 Å². The molecule has 0 radical (unpaired) electrons. The molecule has 2 nitrogen and oxygen atoms in total. The summed E-state index contributed by atoms with van der Waals surface area (Å²) < 4.78 is 13.1. The number of hydrogen-bond acceptors (Lipinski definition) is 2. The Bertz CT molecular complexity index is 556. The topological polar surface area (TPSA) is 29.1 Å². The highest BCUT2D eigenvalue weighted by Gasteiger charge is 2.17. The van der Waals surface area contributed by atoms with Crippen LogP contribution in [0.2, 0.25) is 0 Å². The average Bonchev–Trinajstić information content (AvgIpc) is 3.00. The predicted molar refractivity (Wildman–Crippen MR) is 85.3 cm³/mol. The average molecular weight is 326 g/mol. The zero-order chi connectivity index (χ0) is 15.1. The summed E-state index contributed by atoms with van der Waals surface area (Å²) in [4.78, 5) is 13.1. The Labute approximate surface area is 132 Å². The fourth-order valence-corrected chi connectivity index (χ4v) is 3.03. The molecule has 5 heteroatoms. The highest BCUT2D eigenvalue weighted by atomic mass is 35.5. The number of halogens is 2. The standard InChI is InChI=1S/C16H17ClFNOS/c17-10-2-1-5-15(20)19-16(14-4-3-11-21-14)12-6-8-13(18)9-7-12/h3-4,6-9,11,16H,1-2,5,10H2,(H,19,20). The van der Waals surface area contributed by atoms with E-state index in [1.165, 1.54) is 12.1 Å². The van der Waals surface area contributed by atoms with Gasteiger partial charge in [-0.1, -0.05) is 18.2 Å². The van der Waals surface area contributed by atoms with Gasteiger partial charge < -0.3 is 5.32 Å². The normalized spacial score (nSPS) is 12.1. The second kappa shape index (κ2) is 8.15. The fraction of sp³-hybridized carbons (Fsp3) is 0.312. The summed E-state index contributed by atoms with van der Waals surface area (Å²) in [7, 11) is 0. The van der Waals surface area contributed by atoms with E-state index in [-0.39, 0.29) is 17.8 Å². The molecular formula is C16H17ClFNOS. The smallest absolute Gasteiger partial charge is 0.220 e. The molecular weight excluding hydrogens is 309 g/mol.